The maximum atomic E-state index is 10.8. The summed E-state index contributed by atoms with van der Waals surface area (Å²) >= 11 is 0. The van der Waals surface area contributed by atoms with E-state index in [9.17, 15) is 4.79 Å². The first-order chi connectivity index (χ1) is 6.61. The minimum atomic E-state index is -0.440. The molecule has 0 saturated heterocycles. The summed E-state index contributed by atoms with van der Waals surface area (Å²) in [5, 5.41) is 2.59. The molecular weight excluding hydrogens is 180 g/mol. The van der Waals surface area contributed by atoms with Gasteiger partial charge in [-0.3, -0.25) is 0 Å². The van der Waals surface area contributed by atoms with Gasteiger partial charge in [0, 0.05) is 12.2 Å². The van der Waals surface area contributed by atoms with Gasteiger partial charge in [-0.2, -0.15) is 0 Å². The summed E-state index contributed by atoms with van der Waals surface area (Å²) in [4.78, 5) is 10.8. The van der Waals surface area contributed by atoms with Crippen LogP contribution in [0.4, 0.5) is 10.5 Å². The van der Waals surface area contributed by atoms with E-state index in [1.165, 1.54) is 7.11 Å². The van der Waals surface area contributed by atoms with Crippen molar-refractivity contribution in [1.29, 1.82) is 0 Å². The van der Waals surface area contributed by atoms with Gasteiger partial charge >= 0.3 is 6.09 Å². The number of rotatable bonds is 2. The molecule has 76 valence electrons. The summed E-state index contributed by atoms with van der Waals surface area (Å²) in [6.45, 7) is 2.39. The molecule has 0 saturated carbocycles. The fourth-order valence-electron chi connectivity index (χ4n) is 1.24. The minimum Gasteiger partial charge on any atom is -0.453 e. The van der Waals surface area contributed by atoms with Crippen LogP contribution in [0.5, 0.6) is 0 Å². The Labute approximate surface area is 83.1 Å². The third-order valence-electron chi connectivity index (χ3n) is 1.78. The van der Waals surface area contributed by atoms with Crippen LogP contribution < -0.4 is 11.1 Å². The molecule has 0 fully saturated rings. The average molecular weight is 194 g/mol. The predicted octanol–water partition coefficient (Wildman–Crippen LogP) is 1.43. The van der Waals surface area contributed by atoms with Gasteiger partial charge < -0.3 is 15.8 Å². The number of hydrogen-bond donors (Lipinski definition) is 2. The van der Waals surface area contributed by atoms with Crippen LogP contribution in [0.3, 0.4) is 0 Å². The maximum absolute atomic E-state index is 10.8. The lowest BCUT2D eigenvalue weighted by molar-refractivity contribution is 0.170. The van der Waals surface area contributed by atoms with Gasteiger partial charge in [-0.05, 0) is 30.2 Å². The van der Waals surface area contributed by atoms with E-state index in [2.05, 4.69) is 10.1 Å². The zero-order valence-electron chi connectivity index (χ0n) is 8.33. The number of nitrogen functional groups attached to an aromatic ring is 1. The first-order valence-corrected chi connectivity index (χ1v) is 4.29. The maximum Gasteiger partial charge on any atom is 0.407 e. The van der Waals surface area contributed by atoms with Crippen molar-refractivity contribution >= 4 is 11.8 Å². The molecule has 4 heteroatoms. The second kappa shape index (κ2) is 4.50. The Morgan fingerprint density at radius 1 is 1.50 bits per heavy atom. The van der Waals surface area contributed by atoms with Crippen LogP contribution in [0, 0.1) is 6.92 Å². The molecule has 0 spiro atoms. The molecule has 1 aromatic carbocycles. The number of hydrogen-bond acceptors (Lipinski definition) is 3. The Morgan fingerprint density at radius 3 is 2.79 bits per heavy atom. The summed E-state index contributed by atoms with van der Waals surface area (Å²) < 4.78 is 4.45. The lowest BCUT2D eigenvalue weighted by atomic mass is 10.1. The smallest absolute Gasteiger partial charge is 0.407 e. The lowest BCUT2D eigenvalue weighted by Crippen LogP contribution is -2.22. The number of amides is 1. The molecule has 0 unspecified atom stereocenters. The average Bonchev–Trinajstić information content (AvgIpc) is 2.12. The number of aryl methyl sites for hydroxylation is 1. The largest absolute Gasteiger partial charge is 0.453 e. The van der Waals surface area contributed by atoms with Crippen molar-refractivity contribution < 1.29 is 9.53 Å². The number of ether oxygens (including phenoxy) is 1. The highest BCUT2D eigenvalue weighted by molar-refractivity contribution is 5.67. The number of methoxy groups -OCH3 is 1. The van der Waals surface area contributed by atoms with Crippen molar-refractivity contribution in [2.45, 2.75) is 13.5 Å². The van der Waals surface area contributed by atoms with Gasteiger partial charge in [-0.1, -0.05) is 6.07 Å². The van der Waals surface area contributed by atoms with Crippen LogP contribution in [0.15, 0.2) is 18.2 Å². The molecule has 0 aliphatic heterocycles. The predicted molar refractivity (Wildman–Crippen MR) is 54.8 cm³/mol. The first kappa shape index (κ1) is 10.4. The van der Waals surface area contributed by atoms with E-state index in [0.717, 1.165) is 11.1 Å². The molecule has 0 heterocycles. The van der Waals surface area contributed by atoms with E-state index in [4.69, 9.17) is 5.73 Å². The van der Waals surface area contributed by atoms with E-state index < -0.39 is 6.09 Å². The molecule has 3 N–H and O–H groups in total. The van der Waals surface area contributed by atoms with E-state index >= 15 is 0 Å². The minimum absolute atomic E-state index is 0.429. The summed E-state index contributed by atoms with van der Waals surface area (Å²) in [7, 11) is 1.33. The quantitative estimate of drug-likeness (QED) is 0.700. The molecule has 0 bridgehead atoms. The molecule has 1 aromatic rings. The third kappa shape index (κ3) is 2.97. The highest BCUT2D eigenvalue weighted by Crippen LogP contribution is 2.10. The molecule has 4 nitrogen and oxygen atoms in total. The second-order valence-electron chi connectivity index (χ2n) is 3.10. The van der Waals surface area contributed by atoms with Gasteiger partial charge in [-0.25, -0.2) is 4.79 Å². The van der Waals surface area contributed by atoms with Crippen molar-refractivity contribution in [3.05, 3.63) is 29.3 Å². The standard InChI is InChI=1S/C10H14N2O2/c1-7-3-8(5-9(11)4-7)6-12-10(13)14-2/h3-5H,6,11H2,1-2H3,(H,12,13). The van der Waals surface area contributed by atoms with Gasteiger partial charge in [0.15, 0.2) is 0 Å². The number of anilines is 1. The van der Waals surface area contributed by atoms with E-state index in [0.29, 0.717) is 12.2 Å². The van der Waals surface area contributed by atoms with Gasteiger partial charge in [0.25, 0.3) is 0 Å². The molecule has 0 atom stereocenters. The number of nitrogens with one attached hydrogen (secondary N) is 1. The molecule has 1 amide bonds. The summed E-state index contributed by atoms with van der Waals surface area (Å²) in [6, 6.07) is 5.66. The molecular formula is C10H14N2O2. The number of nitrogens with two attached hydrogens (primary N) is 1. The highest BCUT2D eigenvalue weighted by atomic mass is 16.5. The number of benzene rings is 1. The van der Waals surface area contributed by atoms with Crippen molar-refractivity contribution in [3.8, 4) is 0 Å². The summed E-state index contributed by atoms with van der Waals surface area (Å²) in [5.74, 6) is 0. The Bertz CT molecular complexity index is 317. The van der Waals surface area contributed by atoms with Crippen LogP contribution >= 0.6 is 0 Å². The van der Waals surface area contributed by atoms with Crippen molar-refractivity contribution in [2.75, 3.05) is 12.8 Å². The van der Waals surface area contributed by atoms with Crippen LogP contribution in [0.25, 0.3) is 0 Å². The zero-order valence-corrected chi connectivity index (χ0v) is 8.33. The van der Waals surface area contributed by atoms with Gasteiger partial charge in [0.2, 0.25) is 0 Å². The summed E-state index contributed by atoms with van der Waals surface area (Å²) in [5.41, 5.74) is 8.40. The van der Waals surface area contributed by atoms with Crippen molar-refractivity contribution in [1.82, 2.24) is 5.32 Å². The fraction of sp³-hybridized carbons (Fsp3) is 0.300. The Morgan fingerprint density at radius 2 is 2.21 bits per heavy atom. The Kier molecular flexibility index (Phi) is 3.34. The van der Waals surface area contributed by atoms with Crippen LogP contribution in [0.2, 0.25) is 0 Å². The SMILES string of the molecule is COC(=O)NCc1cc(C)cc(N)c1. The first-order valence-electron chi connectivity index (χ1n) is 4.29. The van der Waals surface area contributed by atoms with E-state index in [1.54, 1.807) is 0 Å². The van der Waals surface area contributed by atoms with Crippen molar-refractivity contribution in [3.63, 3.8) is 0 Å². The topological polar surface area (TPSA) is 64.3 Å². The lowest BCUT2D eigenvalue weighted by Gasteiger charge is -2.05. The molecule has 0 aromatic heterocycles. The van der Waals surface area contributed by atoms with Gasteiger partial charge in [0.1, 0.15) is 0 Å². The Balaban J connectivity index is 2.63. The zero-order chi connectivity index (χ0) is 10.6. The van der Waals surface area contributed by atoms with Gasteiger partial charge in [-0.15, -0.1) is 0 Å². The second-order valence-corrected chi connectivity index (χ2v) is 3.10. The van der Waals surface area contributed by atoms with Crippen LogP contribution in [-0.4, -0.2) is 13.2 Å². The van der Waals surface area contributed by atoms with E-state index in [-0.39, 0.29) is 0 Å². The number of carbonyl (C=O) groups is 1. The number of carbonyl (C=O) groups excluding carboxylic acids is 1. The summed E-state index contributed by atoms with van der Waals surface area (Å²) in [6.07, 6.45) is -0.440. The highest BCUT2D eigenvalue weighted by Gasteiger charge is 2.00. The Hall–Kier alpha value is -1.71. The fourth-order valence-corrected chi connectivity index (χ4v) is 1.24. The van der Waals surface area contributed by atoms with Crippen LogP contribution in [-0.2, 0) is 11.3 Å². The third-order valence-corrected chi connectivity index (χ3v) is 1.78. The van der Waals surface area contributed by atoms with Crippen molar-refractivity contribution in [2.24, 2.45) is 0 Å². The molecule has 0 radical (unpaired) electrons. The molecule has 1 rings (SSSR count). The van der Waals surface area contributed by atoms with E-state index in [1.807, 2.05) is 25.1 Å². The molecule has 14 heavy (non-hydrogen) atoms. The van der Waals surface area contributed by atoms with Crippen LogP contribution in [0.1, 0.15) is 11.1 Å². The molecule has 0 aliphatic carbocycles. The van der Waals surface area contributed by atoms with Gasteiger partial charge in [0.05, 0.1) is 7.11 Å². The monoisotopic (exact) mass is 194 g/mol. The normalized spacial score (nSPS) is 9.57. The molecule has 0 aliphatic rings. The number of alkyl carbamates (subject to hydrolysis) is 1.